The number of aromatic nitrogens is 4. The molecule has 1 amide bonds. The zero-order chi connectivity index (χ0) is 21.3. The van der Waals surface area contributed by atoms with Crippen LogP contribution in [-0.2, 0) is 6.18 Å². The van der Waals surface area contributed by atoms with Crippen LogP contribution in [-0.4, -0.2) is 32.3 Å². The van der Waals surface area contributed by atoms with Crippen LogP contribution in [0.4, 0.5) is 24.7 Å². The molecule has 2 N–H and O–H groups in total. The number of carbonyl (C=O) groups is 1. The maximum Gasteiger partial charge on any atom is 0.417 e. The molecule has 0 aliphatic carbocycles. The maximum atomic E-state index is 12.9. The number of fused-ring (bicyclic) bond motifs is 1. The average molecular weight is 412 g/mol. The molecule has 0 saturated heterocycles. The normalized spacial score (nSPS) is 11.5. The van der Waals surface area contributed by atoms with Crippen molar-refractivity contribution in [3.63, 3.8) is 0 Å². The lowest BCUT2D eigenvalue weighted by Gasteiger charge is -2.10. The molecule has 0 bridgehead atoms. The van der Waals surface area contributed by atoms with Gasteiger partial charge in [0.1, 0.15) is 0 Å². The van der Waals surface area contributed by atoms with Gasteiger partial charge in [-0.15, -0.1) is 0 Å². The van der Waals surface area contributed by atoms with Crippen molar-refractivity contribution in [3.05, 3.63) is 72.4 Å². The van der Waals surface area contributed by atoms with Gasteiger partial charge in [0.2, 0.25) is 0 Å². The van der Waals surface area contributed by atoms with Crippen molar-refractivity contribution in [3.8, 4) is 11.3 Å². The third-order valence-corrected chi connectivity index (χ3v) is 4.40. The molecule has 0 spiro atoms. The first-order valence-electron chi connectivity index (χ1n) is 8.80. The van der Waals surface area contributed by atoms with Gasteiger partial charge in [-0.05, 0) is 18.2 Å². The molecule has 1 aromatic carbocycles. The Hall–Kier alpha value is -3.95. The number of alkyl halides is 3. The lowest BCUT2D eigenvalue weighted by Crippen LogP contribution is -2.17. The molecule has 4 aromatic rings. The molecule has 0 saturated carbocycles. The number of pyridine rings is 1. The van der Waals surface area contributed by atoms with Gasteiger partial charge in [-0.25, -0.2) is 9.97 Å². The summed E-state index contributed by atoms with van der Waals surface area (Å²) in [6.45, 7) is 0. The molecule has 152 valence electrons. The second-order valence-corrected chi connectivity index (χ2v) is 6.36. The van der Waals surface area contributed by atoms with Gasteiger partial charge in [0, 0.05) is 36.8 Å². The smallest absolute Gasteiger partial charge is 0.355 e. The Morgan fingerprint density at radius 3 is 2.70 bits per heavy atom. The van der Waals surface area contributed by atoms with E-state index in [1.165, 1.54) is 12.4 Å². The summed E-state index contributed by atoms with van der Waals surface area (Å²) in [5.74, 6) is 0.0547. The van der Waals surface area contributed by atoms with E-state index in [-0.39, 0.29) is 17.4 Å². The molecule has 10 heteroatoms. The standard InChI is InChI=1S/C20H15F3N6O/c1-24-19(30)13-4-2-3-12(7-13)16-11-27-18-17(26-5-6-29(16)18)28-15-8-14(9-25-10-15)20(21,22)23/h2-11H,1H3,(H,24,30)(H,26,28). The van der Waals surface area contributed by atoms with Crippen molar-refractivity contribution < 1.29 is 18.0 Å². The second-order valence-electron chi connectivity index (χ2n) is 6.36. The lowest BCUT2D eigenvalue weighted by atomic mass is 10.1. The molecule has 0 fully saturated rings. The van der Waals surface area contributed by atoms with E-state index in [0.717, 1.165) is 17.8 Å². The molecule has 0 atom stereocenters. The van der Waals surface area contributed by atoms with Gasteiger partial charge in [0.25, 0.3) is 5.91 Å². The fourth-order valence-electron chi connectivity index (χ4n) is 2.99. The molecular weight excluding hydrogens is 397 g/mol. The van der Waals surface area contributed by atoms with E-state index in [1.807, 2.05) is 6.07 Å². The van der Waals surface area contributed by atoms with Gasteiger partial charge in [-0.2, -0.15) is 13.2 Å². The van der Waals surface area contributed by atoms with Crippen LogP contribution in [0.3, 0.4) is 0 Å². The van der Waals surface area contributed by atoms with E-state index in [9.17, 15) is 18.0 Å². The Kier molecular flexibility index (Phi) is 4.82. The van der Waals surface area contributed by atoms with Crippen molar-refractivity contribution in [2.24, 2.45) is 0 Å². The van der Waals surface area contributed by atoms with Crippen molar-refractivity contribution >= 4 is 23.1 Å². The summed E-state index contributed by atoms with van der Waals surface area (Å²) < 4.78 is 40.5. The summed E-state index contributed by atoms with van der Waals surface area (Å²) >= 11 is 0. The summed E-state index contributed by atoms with van der Waals surface area (Å²) in [6, 6.07) is 7.97. The Bertz CT molecular complexity index is 1230. The van der Waals surface area contributed by atoms with E-state index >= 15 is 0 Å². The van der Waals surface area contributed by atoms with Crippen LogP contribution < -0.4 is 10.6 Å². The van der Waals surface area contributed by atoms with Crippen LogP contribution in [0.2, 0.25) is 0 Å². The third kappa shape index (κ3) is 3.66. The van der Waals surface area contributed by atoms with Gasteiger partial charge in [-0.1, -0.05) is 12.1 Å². The first-order valence-corrected chi connectivity index (χ1v) is 8.80. The Morgan fingerprint density at radius 1 is 1.10 bits per heavy atom. The molecule has 3 aromatic heterocycles. The van der Waals surface area contributed by atoms with Crippen LogP contribution >= 0.6 is 0 Å². The molecule has 3 heterocycles. The van der Waals surface area contributed by atoms with E-state index in [4.69, 9.17) is 0 Å². The molecule has 4 rings (SSSR count). The number of halogens is 3. The molecule has 0 aliphatic rings. The quantitative estimate of drug-likeness (QED) is 0.531. The Morgan fingerprint density at radius 2 is 1.93 bits per heavy atom. The lowest BCUT2D eigenvalue weighted by molar-refractivity contribution is -0.137. The molecule has 0 unspecified atom stereocenters. The van der Waals surface area contributed by atoms with Crippen LogP contribution in [0, 0.1) is 0 Å². The number of hydrogen-bond acceptors (Lipinski definition) is 5. The highest BCUT2D eigenvalue weighted by atomic mass is 19.4. The van der Waals surface area contributed by atoms with E-state index in [0.29, 0.717) is 16.9 Å². The van der Waals surface area contributed by atoms with E-state index in [1.54, 1.807) is 42.0 Å². The monoisotopic (exact) mass is 412 g/mol. The average Bonchev–Trinajstić information content (AvgIpc) is 3.18. The number of nitrogens with zero attached hydrogens (tertiary/aromatic N) is 4. The minimum Gasteiger partial charge on any atom is -0.355 e. The fraction of sp³-hybridized carbons (Fsp3) is 0.100. The number of amides is 1. The number of hydrogen-bond donors (Lipinski definition) is 2. The van der Waals surface area contributed by atoms with Gasteiger partial charge < -0.3 is 10.6 Å². The maximum absolute atomic E-state index is 12.9. The topological polar surface area (TPSA) is 84.2 Å². The highest BCUT2D eigenvalue weighted by molar-refractivity contribution is 5.95. The summed E-state index contributed by atoms with van der Waals surface area (Å²) in [4.78, 5) is 24.1. The first-order chi connectivity index (χ1) is 14.4. The van der Waals surface area contributed by atoms with Crippen molar-refractivity contribution in [2.45, 2.75) is 6.18 Å². The van der Waals surface area contributed by atoms with Crippen molar-refractivity contribution in [1.82, 2.24) is 24.7 Å². The number of rotatable bonds is 4. The van der Waals surface area contributed by atoms with E-state index < -0.39 is 11.7 Å². The van der Waals surface area contributed by atoms with Gasteiger partial charge in [-0.3, -0.25) is 14.2 Å². The van der Waals surface area contributed by atoms with Crippen LogP contribution in [0.1, 0.15) is 15.9 Å². The third-order valence-electron chi connectivity index (χ3n) is 4.40. The van der Waals surface area contributed by atoms with Crippen molar-refractivity contribution in [2.75, 3.05) is 12.4 Å². The van der Waals surface area contributed by atoms with Gasteiger partial charge in [0.15, 0.2) is 11.5 Å². The minimum absolute atomic E-state index is 0.136. The fourth-order valence-corrected chi connectivity index (χ4v) is 2.99. The predicted molar refractivity (Wildman–Crippen MR) is 104 cm³/mol. The summed E-state index contributed by atoms with van der Waals surface area (Å²) in [7, 11) is 1.55. The number of imidazole rings is 1. The van der Waals surface area contributed by atoms with Crippen LogP contribution in [0.15, 0.2) is 61.3 Å². The highest BCUT2D eigenvalue weighted by Crippen LogP contribution is 2.31. The molecule has 0 radical (unpaired) electrons. The minimum atomic E-state index is -4.50. The molecular formula is C20H15F3N6O. The van der Waals surface area contributed by atoms with Crippen molar-refractivity contribution in [1.29, 1.82) is 0 Å². The number of nitrogens with one attached hydrogen (secondary N) is 2. The number of anilines is 2. The number of benzene rings is 1. The Balaban J connectivity index is 1.72. The summed E-state index contributed by atoms with van der Waals surface area (Å²) in [5, 5.41) is 5.42. The van der Waals surface area contributed by atoms with E-state index in [2.05, 4.69) is 25.6 Å². The highest BCUT2D eigenvalue weighted by Gasteiger charge is 2.31. The van der Waals surface area contributed by atoms with Gasteiger partial charge in [0.05, 0.1) is 29.3 Å². The first kappa shape index (κ1) is 19.4. The zero-order valence-corrected chi connectivity index (χ0v) is 15.6. The molecule has 0 aliphatic heterocycles. The zero-order valence-electron chi connectivity index (χ0n) is 15.6. The molecule has 30 heavy (non-hydrogen) atoms. The van der Waals surface area contributed by atoms with Gasteiger partial charge >= 0.3 is 6.18 Å². The summed E-state index contributed by atoms with van der Waals surface area (Å²) in [5.41, 5.74) is 1.62. The molecule has 7 nitrogen and oxygen atoms in total. The predicted octanol–water partition coefficient (Wildman–Crippen LogP) is 3.91. The largest absolute Gasteiger partial charge is 0.417 e. The van der Waals surface area contributed by atoms with Crippen LogP contribution in [0.25, 0.3) is 16.9 Å². The van der Waals surface area contributed by atoms with Crippen LogP contribution in [0.5, 0.6) is 0 Å². The Labute approximate surface area is 168 Å². The second kappa shape index (κ2) is 7.47. The number of carbonyl (C=O) groups excluding carboxylic acids is 1. The summed E-state index contributed by atoms with van der Waals surface area (Å²) in [6.07, 6.45) is 2.32. The SMILES string of the molecule is CNC(=O)c1cccc(-c2cnc3c(Nc4cncc(C(F)(F)F)c4)nccn23)c1.